The summed E-state index contributed by atoms with van der Waals surface area (Å²) in [6.45, 7) is 1.63. The minimum atomic E-state index is -4.82. The molecule has 7 nitrogen and oxygen atoms in total. The molecule has 1 atom stereocenters. The fourth-order valence-corrected chi connectivity index (χ4v) is 2.19. The summed E-state index contributed by atoms with van der Waals surface area (Å²) in [6, 6.07) is 3.89. The van der Waals surface area contributed by atoms with Crippen LogP contribution >= 0.6 is 0 Å². The van der Waals surface area contributed by atoms with Gasteiger partial charge >= 0.3 is 11.5 Å². The third-order valence-corrected chi connectivity index (χ3v) is 3.63. The van der Waals surface area contributed by atoms with Crippen LogP contribution in [0.25, 0.3) is 0 Å². The molecule has 2 amide bonds. The molecule has 11 heteroatoms. The lowest BCUT2D eigenvalue weighted by molar-refractivity contribution is -0.0384. The largest absolute Gasteiger partial charge is 0.475 e. The number of carbonyl (C=O) groups excluding carboxylic acids is 1. The zero-order valence-corrected chi connectivity index (χ0v) is 12.5. The summed E-state index contributed by atoms with van der Waals surface area (Å²) in [4.78, 5) is 15.1. The topological polar surface area (TPSA) is 97.1 Å². The van der Waals surface area contributed by atoms with Crippen LogP contribution in [0.5, 0.6) is 0 Å². The van der Waals surface area contributed by atoms with Crippen molar-refractivity contribution in [3.05, 3.63) is 36.0 Å². The second-order valence-corrected chi connectivity index (χ2v) is 5.75. The van der Waals surface area contributed by atoms with Crippen LogP contribution < -0.4 is 10.6 Å². The average molecular weight is 348 g/mol. The number of nitrogens with one attached hydrogen (secondary N) is 2. The summed E-state index contributed by atoms with van der Waals surface area (Å²) in [6.07, 6.45) is 0. The van der Waals surface area contributed by atoms with Crippen LogP contribution in [0.1, 0.15) is 11.7 Å². The maximum atomic E-state index is 12.3. The van der Waals surface area contributed by atoms with Gasteiger partial charge in [-0.15, -0.1) is 0 Å². The number of rotatable bonds is 4. The van der Waals surface area contributed by atoms with Crippen molar-refractivity contribution < 1.29 is 26.7 Å². The number of carbonyl (C=O) groups is 1. The Balaban J connectivity index is 1.90. The Morgan fingerprint density at radius 3 is 2.48 bits per heavy atom. The van der Waals surface area contributed by atoms with Gasteiger partial charge in [0.25, 0.3) is 0 Å². The average Bonchev–Trinajstić information content (AvgIpc) is 2.90. The lowest BCUT2D eigenvalue weighted by Crippen LogP contribution is -2.28. The molecule has 0 unspecified atom stereocenters. The van der Waals surface area contributed by atoms with Crippen molar-refractivity contribution >= 4 is 22.5 Å². The quantitative estimate of drug-likeness (QED) is 0.884. The summed E-state index contributed by atoms with van der Waals surface area (Å²) < 4.78 is 52.8. The molecule has 0 fully saturated rings. The van der Waals surface area contributed by atoms with E-state index in [9.17, 15) is 22.2 Å². The van der Waals surface area contributed by atoms with Gasteiger partial charge in [0.05, 0.1) is 6.54 Å². The number of amides is 2. The Bertz CT molecular complexity index is 715. The van der Waals surface area contributed by atoms with Crippen molar-refractivity contribution in [2.75, 3.05) is 5.32 Å². The first-order valence-corrected chi connectivity index (χ1v) is 7.33. The van der Waals surface area contributed by atoms with Crippen LogP contribution in [0.4, 0.5) is 23.7 Å². The summed E-state index contributed by atoms with van der Waals surface area (Å²) in [5, 5.41) is 8.39. The van der Waals surface area contributed by atoms with E-state index in [1.807, 2.05) is 0 Å². The molecule has 0 aliphatic rings. The predicted molar refractivity (Wildman–Crippen MR) is 73.8 cm³/mol. The zero-order chi connectivity index (χ0) is 17.0. The molecule has 0 aliphatic heterocycles. The van der Waals surface area contributed by atoms with Crippen LogP contribution in [-0.4, -0.2) is 25.9 Å². The molecule has 0 saturated carbocycles. The van der Waals surface area contributed by atoms with Gasteiger partial charge in [0.1, 0.15) is 0 Å². The van der Waals surface area contributed by atoms with Gasteiger partial charge in [0.2, 0.25) is 5.89 Å². The molecule has 0 aliphatic carbocycles. The van der Waals surface area contributed by atoms with Gasteiger partial charge < -0.3 is 15.2 Å². The minimum absolute atomic E-state index is 0.00282. The minimum Gasteiger partial charge on any atom is -0.337 e. The van der Waals surface area contributed by atoms with Crippen molar-refractivity contribution in [2.24, 2.45) is 0 Å². The van der Waals surface area contributed by atoms with Gasteiger partial charge in [-0.2, -0.15) is 18.2 Å². The number of urea groups is 1. The second-order valence-electron chi connectivity index (χ2n) is 4.28. The highest BCUT2D eigenvalue weighted by Crippen LogP contribution is 2.26. The van der Waals surface area contributed by atoms with E-state index in [1.54, 1.807) is 6.92 Å². The fraction of sp³-hybridized carbons (Fsp3) is 0.250. The van der Waals surface area contributed by atoms with Crippen LogP contribution in [-0.2, 0) is 17.3 Å². The highest BCUT2D eigenvalue weighted by Gasteiger charge is 2.37. The fourth-order valence-electron chi connectivity index (χ4n) is 1.54. The summed E-state index contributed by atoms with van der Waals surface area (Å²) in [5.74, 6) is 0.643. The number of alkyl halides is 3. The van der Waals surface area contributed by atoms with Crippen LogP contribution in [0.3, 0.4) is 0 Å². The van der Waals surface area contributed by atoms with Crippen molar-refractivity contribution in [3.63, 3.8) is 0 Å². The Morgan fingerprint density at radius 1 is 1.30 bits per heavy atom. The number of aryl methyl sites for hydroxylation is 1. The zero-order valence-electron chi connectivity index (χ0n) is 11.7. The Morgan fingerprint density at radius 2 is 1.96 bits per heavy atom. The standard InChI is InChI=1S/C12H11F3N4O3S/c1-7-17-10(22-19-7)6-16-11(20)18-8-2-4-9(5-3-8)23(21)12(13,14)15/h2-5H,6H2,1H3,(H2,16,18,20)/t23-/m1/s1. The number of hydrogen-bond donors (Lipinski definition) is 2. The summed E-state index contributed by atoms with van der Waals surface area (Å²) in [5.41, 5.74) is -4.58. The van der Waals surface area contributed by atoms with Gasteiger partial charge in [0.15, 0.2) is 16.6 Å². The number of nitrogens with zero attached hydrogens (tertiary/aromatic N) is 2. The summed E-state index contributed by atoms with van der Waals surface area (Å²) in [7, 11) is -3.10. The molecule has 1 heterocycles. The molecule has 124 valence electrons. The Labute approximate surface area is 130 Å². The van der Waals surface area contributed by atoms with E-state index in [-0.39, 0.29) is 18.1 Å². The lowest BCUT2D eigenvalue weighted by atomic mass is 10.3. The van der Waals surface area contributed by atoms with E-state index >= 15 is 0 Å². The molecule has 2 rings (SSSR count). The van der Waals surface area contributed by atoms with Crippen molar-refractivity contribution in [2.45, 2.75) is 23.9 Å². The van der Waals surface area contributed by atoms with Crippen molar-refractivity contribution in [1.29, 1.82) is 0 Å². The van der Waals surface area contributed by atoms with E-state index in [0.717, 1.165) is 12.1 Å². The molecule has 1 aromatic heterocycles. The SMILES string of the molecule is Cc1noc(CNC(=O)Nc2ccc([S@@](=O)C(F)(F)F)cc2)n1. The van der Waals surface area contributed by atoms with Crippen LogP contribution in [0, 0.1) is 6.92 Å². The van der Waals surface area contributed by atoms with E-state index < -0.39 is 27.2 Å². The maximum Gasteiger partial charge on any atom is 0.475 e. The van der Waals surface area contributed by atoms with Gasteiger partial charge in [-0.3, -0.25) is 0 Å². The number of anilines is 1. The van der Waals surface area contributed by atoms with Gasteiger partial charge in [-0.1, -0.05) is 5.16 Å². The summed E-state index contributed by atoms with van der Waals surface area (Å²) >= 11 is 0. The Hall–Kier alpha value is -2.43. The molecule has 0 bridgehead atoms. The molecular formula is C12H11F3N4O3S. The second kappa shape index (κ2) is 6.77. The highest BCUT2D eigenvalue weighted by atomic mass is 32.2. The van der Waals surface area contributed by atoms with E-state index in [1.165, 1.54) is 12.1 Å². The maximum absolute atomic E-state index is 12.3. The highest BCUT2D eigenvalue weighted by molar-refractivity contribution is 7.86. The van der Waals surface area contributed by atoms with E-state index in [4.69, 9.17) is 4.52 Å². The molecular weight excluding hydrogens is 337 g/mol. The number of benzene rings is 1. The molecule has 2 N–H and O–H groups in total. The van der Waals surface area contributed by atoms with Crippen LogP contribution in [0.2, 0.25) is 0 Å². The Kier molecular flexibility index (Phi) is 4.98. The van der Waals surface area contributed by atoms with E-state index in [2.05, 4.69) is 20.8 Å². The molecule has 23 heavy (non-hydrogen) atoms. The number of aromatic nitrogens is 2. The van der Waals surface area contributed by atoms with Gasteiger partial charge in [-0.25, -0.2) is 9.00 Å². The first-order valence-electron chi connectivity index (χ1n) is 6.18. The van der Waals surface area contributed by atoms with Gasteiger partial charge in [0, 0.05) is 10.6 Å². The number of halogens is 3. The molecule has 0 saturated heterocycles. The lowest BCUT2D eigenvalue weighted by Gasteiger charge is -2.08. The van der Waals surface area contributed by atoms with E-state index in [0.29, 0.717) is 5.82 Å². The predicted octanol–water partition coefficient (Wildman–Crippen LogP) is 2.33. The third-order valence-electron chi connectivity index (χ3n) is 2.51. The first-order chi connectivity index (χ1) is 10.8. The van der Waals surface area contributed by atoms with Crippen molar-refractivity contribution in [1.82, 2.24) is 15.5 Å². The van der Waals surface area contributed by atoms with Gasteiger partial charge in [-0.05, 0) is 31.2 Å². The van der Waals surface area contributed by atoms with Crippen LogP contribution in [0.15, 0.2) is 33.7 Å². The first kappa shape index (κ1) is 16.9. The molecule has 0 spiro atoms. The normalized spacial score (nSPS) is 12.7. The molecule has 0 radical (unpaired) electrons. The third kappa shape index (κ3) is 4.77. The number of hydrogen-bond acceptors (Lipinski definition) is 5. The van der Waals surface area contributed by atoms with Crippen molar-refractivity contribution in [3.8, 4) is 0 Å². The molecule has 2 aromatic rings. The molecule has 1 aromatic carbocycles. The monoisotopic (exact) mass is 348 g/mol. The smallest absolute Gasteiger partial charge is 0.337 e.